The second kappa shape index (κ2) is 2.78. The summed E-state index contributed by atoms with van der Waals surface area (Å²) in [6.45, 7) is 1.44. The normalized spacial score (nSPS) is 17.7. The lowest BCUT2D eigenvalue weighted by Gasteiger charge is -1.83. The predicted octanol–water partition coefficient (Wildman–Crippen LogP) is 1.11. The average Bonchev–Trinajstić information content (AvgIpc) is 2.63. The zero-order valence-electron chi connectivity index (χ0n) is 5.96. The van der Waals surface area contributed by atoms with Crippen LogP contribution in [0.1, 0.15) is 19.8 Å². The molecule has 2 heteroatoms. The zero-order valence-corrected chi connectivity index (χ0v) is 5.96. The van der Waals surface area contributed by atoms with E-state index in [2.05, 4.69) is 0 Å². The van der Waals surface area contributed by atoms with E-state index in [4.69, 9.17) is 0 Å². The summed E-state index contributed by atoms with van der Waals surface area (Å²) < 4.78 is 0. The summed E-state index contributed by atoms with van der Waals surface area (Å²) in [6.07, 6.45) is 4.73. The fraction of sp³-hybridized carbons (Fsp3) is 0.500. The topological polar surface area (TPSA) is 34.1 Å². The molecule has 0 aliphatic heterocycles. The quantitative estimate of drug-likeness (QED) is 0.547. The highest BCUT2D eigenvalue weighted by Crippen LogP contribution is 2.29. The van der Waals surface area contributed by atoms with Crippen LogP contribution < -0.4 is 0 Å². The summed E-state index contributed by atoms with van der Waals surface area (Å²) in [7, 11) is 0. The minimum Gasteiger partial charge on any atom is -0.295 e. The Morgan fingerprint density at radius 2 is 1.90 bits per heavy atom. The molecule has 10 heavy (non-hydrogen) atoms. The van der Waals surface area contributed by atoms with Crippen molar-refractivity contribution in [2.45, 2.75) is 19.8 Å². The van der Waals surface area contributed by atoms with Crippen molar-refractivity contribution in [1.82, 2.24) is 0 Å². The average molecular weight is 138 g/mol. The molecule has 2 nitrogen and oxygen atoms in total. The van der Waals surface area contributed by atoms with Gasteiger partial charge in [0.1, 0.15) is 0 Å². The second-order valence-electron chi connectivity index (χ2n) is 2.62. The van der Waals surface area contributed by atoms with Crippen LogP contribution in [0.2, 0.25) is 0 Å². The van der Waals surface area contributed by atoms with Gasteiger partial charge in [0.05, 0.1) is 0 Å². The van der Waals surface area contributed by atoms with Gasteiger partial charge in [0, 0.05) is 5.92 Å². The monoisotopic (exact) mass is 138 g/mol. The molecule has 0 bridgehead atoms. The van der Waals surface area contributed by atoms with Crippen molar-refractivity contribution in [2.75, 3.05) is 0 Å². The molecule has 0 aromatic heterocycles. The maximum Gasteiger partial charge on any atom is 0.158 e. The predicted molar refractivity (Wildman–Crippen MR) is 37.6 cm³/mol. The molecule has 0 heterocycles. The van der Waals surface area contributed by atoms with Gasteiger partial charge in [-0.1, -0.05) is 0 Å². The molecule has 0 unspecified atom stereocenters. The van der Waals surface area contributed by atoms with Gasteiger partial charge in [0.2, 0.25) is 0 Å². The van der Waals surface area contributed by atoms with Gasteiger partial charge >= 0.3 is 0 Å². The highest BCUT2D eigenvalue weighted by molar-refractivity contribution is 5.99. The maximum atomic E-state index is 10.9. The molecule has 0 atom stereocenters. The zero-order chi connectivity index (χ0) is 7.56. The summed E-state index contributed by atoms with van der Waals surface area (Å²) in [5, 5.41) is 0. The van der Waals surface area contributed by atoms with Gasteiger partial charge in [-0.2, -0.15) is 0 Å². The first-order chi connectivity index (χ1) is 4.70. The van der Waals surface area contributed by atoms with E-state index in [-0.39, 0.29) is 17.5 Å². The van der Waals surface area contributed by atoms with Crippen molar-refractivity contribution in [2.24, 2.45) is 5.92 Å². The van der Waals surface area contributed by atoms with Crippen molar-refractivity contribution in [3.8, 4) is 0 Å². The van der Waals surface area contributed by atoms with E-state index in [1.807, 2.05) is 0 Å². The summed E-state index contributed by atoms with van der Waals surface area (Å²) in [5.74, 6) is 0.278. The number of carbonyl (C=O) groups excluding carboxylic acids is 2. The number of rotatable bonds is 3. The van der Waals surface area contributed by atoms with E-state index in [1.165, 1.54) is 19.1 Å². The third kappa shape index (κ3) is 2.13. The molecular weight excluding hydrogens is 128 g/mol. The molecule has 1 aliphatic rings. The van der Waals surface area contributed by atoms with Crippen LogP contribution in [0.25, 0.3) is 0 Å². The molecule has 0 aromatic carbocycles. The summed E-state index contributed by atoms with van der Waals surface area (Å²) in [4.78, 5) is 21.2. The Bertz CT molecular complexity index is 187. The van der Waals surface area contributed by atoms with Gasteiger partial charge in [0.15, 0.2) is 11.6 Å². The van der Waals surface area contributed by atoms with Crippen LogP contribution in [0.3, 0.4) is 0 Å². The van der Waals surface area contributed by atoms with Crippen LogP contribution in [-0.4, -0.2) is 11.6 Å². The summed E-state index contributed by atoms with van der Waals surface area (Å²) in [5.41, 5.74) is 0. The first-order valence-corrected chi connectivity index (χ1v) is 3.42. The molecular formula is C8H10O2. The van der Waals surface area contributed by atoms with Gasteiger partial charge in [-0.3, -0.25) is 9.59 Å². The van der Waals surface area contributed by atoms with E-state index in [0.29, 0.717) is 0 Å². The summed E-state index contributed by atoms with van der Waals surface area (Å²) >= 11 is 0. The minimum atomic E-state index is -0.0611. The Hall–Kier alpha value is -0.920. The van der Waals surface area contributed by atoms with Gasteiger partial charge in [-0.25, -0.2) is 0 Å². The van der Waals surface area contributed by atoms with Crippen molar-refractivity contribution in [1.29, 1.82) is 0 Å². The van der Waals surface area contributed by atoms with Crippen LogP contribution in [0, 0.1) is 5.92 Å². The first-order valence-electron chi connectivity index (χ1n) is 3.42. The molecule has 1 fully saturated rings. The van der Waals surface area contributed by atoms with E-state index < -0.39 is 0 Å². The maximum absolute atomic E-state index is 10.9. The number of allylic oxidation sites excluding steroid dienone is 2. The fourth-order valence-corrected chi connectivity index (χ4v) is 0.703. The van der Waals surface area contributed by atoms with Crippen LogP contribution in [0.15, 0.2) is 12.2 Å². The molecule has 0 saturated heterocycles. The highest BCUT2D eigenvalue weighted by atomic mass is 16.1. The number of hydrogen-bond donors (Lipinski definition) is 0. The number of hydrogen-bond acceptors (Lipinski definition) is 2. The van der Waals surface area contributed by atoms with Crippen molar-refractivity contribution >= 4 is 11.6 Å². The standard InChI is InChI=1S/C8H10O2/c1-6(9)2-5-8(10)7-3-4-7/h2,5,7H,3-4H2,1H3/b5-2+. The Kier molecular flexibility index (Phi) is 2.00. The largest absolute Gasteiger partial charge is 0.295 e. The van der Waals surface area contributed by atoms with Gasteiger partial charge < -0.3 is 0 Å². The van der Waals surface area contributed by atoms with Crippen molar-refractivity contribution in [3.05, 3.63) is 12.2 Å². The van der Waals surface area contributed by atoms with E-state index >= 15 is 0 Å². The second-order valence-corrected chi connectivity index (χ2v) is 2.62. The fourth-order valence-electron chi connectivity index (χ4n) is 0.703. The van der Waals surface area contributed by atoms with Gasteiger partial charge in [0.25, 0.3) is 0 Å². The number of ketones is 2. The SMILES string of the molecule is CC(=O)/C=C/C(=O)C1CC1. The van der Waals surface area contributed by atoms with E-state index in [0.717, 1.165) is 12.8 Å². The molecule has 0 aromatic rings. The van der Waals surface area contributed by atoms with E-state index in [1.54, 1.807) is 0 Å². The van der Waals surface area contributed by atoms with Crippen LogP contribution >= 0.6 is 0 Å². The molecule has 1 saturated carbocycles. The molecule has 0 N–H and O–H groups in total. The molecule has 0 radical (unpaired) electrons. The summed E-state index contributed by atoms with van der Waals surface area (Å²) in [6, 6.07) is 0. The van der Waals surface area contributed by atoms with Gasteiger partial charge in [-0.05, 0) is 31.9 Å². The van der Waals surface area contributed by atoms with E-state index in [9.17, 15) is 9.59 Å². The highest BCUT2D eigenvalue weighted by Gasteiger charge is 2.27. The Balaban J connectivity index is 2.36. The molecule has 1 aliphatic carbocycles. The van der Waals surface area contributed by atoms with Crippen molar-refractivity contribution in [3.63, 3.8) is 0 Å². The van der Waals surface area contributed by atoms with Crippen LogP contribution in [-0.2, 0) is 9.59 Å². The lowest BCUT2D eigenvalue weighted by atomic mass is 10.2. The molecule has 54 valence electrons. The number of carbonyl (C=O) groups is 2. The van der Waals surface area contributed by atoms with Crippen LogP contribution in [0.4, 0.5) is 0 Å². The minimum absolute atomic E-state index is 0.0611. The van der Waals surface area contributed by atoms with Crippen molar-refractivity contribution < 1.29 is 9.59 Å². The lowest BCUT2D eigenvalue weighted by molar-refractivity contribution is -0.116. The lowest BCUT2D eigenvalue weighted by Crippen LogP contribution is -1.95. The van der Waals surface area contributed by atoms with Gasteiger partial charge in [-0.15, -0.1) is 0 Å². The van der Waals surface area contributed by atoms with Crippen LogP contribution in [0.5, 0.6) is 0 Å². The Morgan fingerprint density at radius 1 is 1.30 bits per heavy atom. The molecule has 0 amide bonds. The smallest absolute Gasteiger partial charge is 0.158 e. The third-order valence-corrected chi connectivity index (χ3v) is 1.46. The molecule has 1 rings (SSSR count). The Labute approximate surface area is 59.9 Å². The Morgan fingerprint density at radius 3 is 2.30 bits per heavy atom. The first kappa shape index (κ1) is 7.19. The molecule has 0 spiro atoms. The third-order valence-electron chi connectivity index (χ3n) is 1.46.